The number of ether oxygens (including phenoxy) is 1. The van der Waals surface area contributed by atoms with Crippen LogP contribution in [-0.4, -0.2) is 34.9 Å². The highest BCUT2D eigenvalue weighted by Gasteiger charge is 2.30. The van der Waals surface area contributed by atoms with Gasteiger partial charge in [0.15, 0.2) is 6.61 Å². The maximum absolute atomic E-state index is 13.2. The Labute approximate surface area is 194 Å². The van der Waals surface area contributed by atoms with Crippen LogP contribution in [0.4, 0.5) is 0 Å². The molecule has 0 saturated heterocycles. The molecule has 2 aromatic carbocycles. The lowest BCUT2D eigenvalue weighted by Crippen LogP contribution is -2.54. The summed E-state index contributed by atoms with van der Waals surface area (Å²) in [5, 5.41) is 3.01. The van der Waals surface area contributed by atoms with Crippen LogP contribution in [0.1, 0.15) is 50.8 Å². The number of carbonyl (C=O) groups excluding carboxylic acids is 2. The van der Waals surface area contributed by atoms with Crippen LogP contribution in [0.15, 0.2) is 46.9 Å². The van der Waals surface area contributed by atoms with Gasteiger partial charge in [-0.25, -0.2) is 0 Å². The number of hydrogen-bond donors (Lipinski definition) is 1. The Balaban J connectivity index is 2.23. The van der Waals surface area contributed by atoms with E-state index in [-0.39, 0.29) is 24.0 Å². The first-order valence-electron chi connectivity index (χ1n) is 10.6. The normalized spacial score (nSPS) is 12.2. The Morgan fingerprint density at radius 2 is 1.74 bits per heavy atom. The first-order valence-corrected chi connectivity index (χ1v) is 11.4. The van der Waals surface area contributed by atoms with E-state index in [9.17, 15) is 9.59 Å². The lowest BCUT2D eigenvalue weighted by Gasteiger charge is -2.33. The van der Waals surface area contributed by atoms with Crippen molar-refractivity contribution in [3.8, 4) is 5.75 Å². The lowest BCUT2D eigenvalue weighted by atomic mass is 10.1. The Kier molecular flexibility index (Phi) is 8.69. The van der Waals surface area contributed by atoms with Gasteiger partial charge in [0.25, 0.3) is 5.91 Å². The molecule has 0 aliphatic carbocycles. The van der Waals surface area contributed by atoms with Crippen molar-refractivity contribution in [2.45, 2.75) is 66.1 Å². The number of nitrogens with zero attached hydrogens (tertiary/aromatic N) is 1. The van der Waals surface area contributed by atoms with Crippen LogP contribution in [0, 0.1) is 13.8 Å². The first-order chi connectivity index (χ1) is 14.5. The number of nitrogens with one attached hydrogen (secondary N) is 1. The molecule has 31 heavy (non-hydrogen) atoms. The number of aryl methyl sites for hydroxylation is 2. The summed E-state index contributed by atoms with van der Waals surface area (Å²) in [6, 6.07) is 13.0. The van der Waals surface area contributed by atoms with Crippen molar-refractivity contribution >= 4 is 27.7 Å². The van der Waals surface area contributed by atoms with Gasteiger partial charge in [0.05, 0.1) is 0 Å². The van der Waals surface area contributed by atoms with Gasteiger partial charge < -0.3 is 15.0 Å². The number of benzene rings is 2. The predicted octanol–water partition coefficient (Wildman–Crippen LogP) is 5.17. The highest BCUT2D eigenvalue weighted by atomic mass is 79.9. The van der Waals surface area contributed by atoms with E-state index < -0.39 is 6.04 Å². The van der Waals surface area contributed by atoms with Crippen molar-refractivity contribution < 1.29 is 14.3 Å². The number of hydrogen-bond acceptors (Lipinski definition) is 3. The van der Waals surface area contributed by atoms with E-state index in [1.165, 1.54) is 0 Å². The summed E-state index contributed by atoms with van der Waals surface area (Å²) in [7, 11) is 0. The number of halogens is 1. The third-order valence-electron chi connectivity index (χ3n) is 4.85. The molecule has 0 saturated carbocycles. The molecule has 2 amide bonds. The summed E-state index contributed by atoms with van der Waals surface area (Å²) in [4.78, 5) is 27.8. The minimum Gasteiger partial charge on any atom is -0.484 e. The van der Waals surface area contributed by atoms with E-state index in [1.807, 2.05) is 84.0 Å². The van der Waals surface area contributed by atoms with Gasteiger partial charge in [0, 0.05) is 16.6 Å². The molecular weight excluding hydrogens is 456 g/mol. The zero-order chi connectivity index (χ0) is 23.2. The highest BCUT2D eigenvalue weighted by molar-refractivity contribution is 9.10. The molecule has 0 radical (unpaired) electrons. The largest absolute Gasteiger partial charge is 0.484 e. The van der Waals surface area contributed by atoms with Crippen LogP contribution in [0.25, 0.3) is 0 Å². The van der Waals surface area contributed by atoms with E-state index >= 15 is 0 Å². The lowest BCUT2D eigenvalue weighted by molar-refractivity contribution is -0.143. The average Bonchev–Trinajstić information content (AvgIpc) is 2.68. The Hall–Kier alpha value is -2.34. The van der Waals surface area contributed by atoms with Gasteiger partial charge in [-0.15, -0.1) is 0 Å². The second kappa shape index (κ2) is 10.8. The molecule has 0 bridgehead atoms. The summed E-state index contributed by atoms with van der Waals surface area (Å²) in [5.41, 5.74) is 2.76. The molecule has 2 rings (SSSR count). The molecule has 0 spiro atoms. The second-order valence-corrected chi connectivity index (χ2v) is 9.72. The molecule has 1 unspecified atom stereocenters. The molecule has 5 nitrogen and oxygen atoms in total. The summed E-state index contributed by atoms with van der Waals surface area (Å²) >= 11 is 3.47. The van der Waals surface area contributed by atoms with E-state index in [2.05, 4.69) is 21.2 Å². The number of rotatable bonds is 8. The molecule has 0 heterocycles. The minimum atomic E-state index is -0.580. The molecule has 0 aliphatic heterocycles. The monoisotopic (exact) mass is 488 g/mol. The smallest absolute Gasteiger partial charge is 0.261 e. The van der Waals surface area contributed by atoms with Gasteiger partial charge >= 0.3 is 0 Å². The van der Waals surface area contributed by atoms with E-state index in [0.29, 0.717) is 18.7 Å². The fraction of sp³-hybridized carbons (Fsp3) is 0.440. The molecule has 1 N–H and O–H groups in total. The number of carbonyl (C=O) groups is 2. The quantitative estimate of drug-likeness (QED) is 0.557. The topological polar surface area (TPSA) is 58.6 Å². The molecule has 1 atom stereocenters. The molecule has 6 heteroatoms. The summed E-state index contributed by atoms with van der Waals surface area (Å²) in [6.07, 6.45) is 0.511. The van der Waals surface area contributed by atoms with Gasteiger partial charge in [-0.05, 0) is 70.4 Å². The molecule has 0 aliphatic rings. The fourth-order valence-corrected chi connectivity index (χ4v) is 3.44. The van der Waals surface area contributed by atoms with Crippen LogP contribution in [-0.2, 0) is 16.1 Å². The van der Waals surface area contributed by atoms with Crippen molar-refractivity contribution in [1.29, 1.82) is 0 Å². The number of amides is 2. The Morgan fingerprint density at radius 1 is 1.10 bits per heavy atom. The maximum atomic E-state index is 13.2. The Morgan fingerprint density at radius 3 is 2.29 bits per heavy atom. The third kappa shape index (κ3) is 7.69. The average molecular weight is 489 g/mol. The third-order valence-corrected chi connectivity index (χ3v) is 5.74. The van der Waals surface area contributed by atoms with Gasteiger partial charge in [-0.3, -0.25) is 9.59 Å². The van der Waals surface area contributed by atoms with Crippen LogP contribution >= 0.6 is 15.9 Å². The standard InChI is InChI=1S/C25H33BrN2O3/c1-7-22(24(30)27-25(4,5)6)28(15-19-10-8-17(2)9-11-19)23(29)16-31-20-12-13-21(26)18(3)14-20/h8-14,22H,7,15-16H2,1-6H3,(H,27,30). The summed E-state index contributed by atoms with van der Waals surface area (Å²) < 4.78 is 6.76. The van der Waals surface area contributed by atoms with Crippen LogP contribution in [0.5, 0.6) is 5.75 Å². The zero-order valence-corrected chi connectivity index (χ0v) is 20.9. The summed E-state index contributed by atoms with van der Waals surface area (Å²) in [5.74, 6) is 0.239. The van der Waals surface area contributed by atoms with Gasteiger partial charge in [0.1, 0.15) is 11.8 Å². The molecular formula is C25H33BrN2O3. The minimum absolute atomic E-state index is 0.133. The van der Waals surface area contributed by atoms with Crippen molar-refractivity contribution in [2.75, 3.05) is 6.61 Å². The summed E-state index contributed by atoms with van der Waals surface area (Å²) in [6.45, 7) is 11.9. The van der Waals surface area contributed by atoms with Crippen molar-refractivity contribution in [2.24, 2.45) is 0 Å². The molecule has 0 fully saturated rings. The first kappa shape index (κ1) is 24.9. The van der Waals surface area contributed by atoms with Gasteiger partial charge in [-0.1, -0.05) is 52.7 Å². The van der Waals surface area contributed by atoms with Crippen molar-refractivity contribution in [1.82, 2.24) is 10.2 Å². The SMILES string of the molecule is CCC(C(=O)NC(C)(C)C)N(Cc1ccc(C)cc1)C(=O)COc1ccc(Br)c(C)c1. The Bertz CT molecular complexity index is 904. The van der Waals surface area contributed by atoms with Gasteiger partial charge in [0.2, 0.25) is 5.91 Å². The van der Waals surface area contributed by atoms with Crippen molar-refractivity contribution in [3.05, 3.63) is 63.6 Å². The predicted molar refractivity (Wildman–Crippen MR) is 128 cm³/mol. The molecule has 0 aromatic heterocycles. The molecule has 2 aromatic rings. The molecule has 168 valence electrons. The maximum Gasteiger partial charge on any atom is 0.261 e. The van der Waals surface area contributed by atoms with E-state index in [0.717, 1.165) is 21.2 Å². The van der Waals surface area contributed by atoms with Crippen LogP contribution in [0.2, 0.25) is 0 Å². The van der Waals surface area contributed by atoms with E-state index in [1.54, 1.807) is 4.90 Å². The van der Waals surface area contributed by atoms with Crippen molar-refractivity contribution in [3.63, 3.8) is 0 Å². The fourth-order valence-electron chi connectivity index (χ4n) is 3.20. The second-order valence-electron chi connectivity index (χ2n) is 8.87. The van der Waals surface area contributed by atoms with E-state index in [4.69, 9.17) is 4.74 Å². The van der Waals surface area contributed by atoms with Gasteiger partial charge in [-0.2, -0.15) is 0 Å². The van der Waals surface area contributed by atoms with Crippen LogP contribution < -0.4 is 10.1 Å². The zero-order valence-electron chi connectivity index (χ0n) is 19.3. The highest BCUT2D eigenvalue weighted by Crippen LogP contribution is 2.22. The van der Waals surface area contributed by atoms with Crippen LogP contribution in [0.3, 0.4) is 0 Å².